The molecule has 1 aliphatic rings. The van der Waals surface area contributed by atoms with Crippen LogP contribution in [0.25, 0.3) is 0 Å². The second-order valence-electron chi connectivity index (χ2n) is 4.87. The predicted molar refractivity (Wildman–Crippen MR) is 71.0 cm³/mol. The van der Waals surface area contributed by atoms with Crippen LogP contribution in [0.15, 0.2) is 12.2 Å². The van der Waals surface area contributed by atoms with E-state index in [-0.39, 0.29) is 5.91 Å². The van der Waals surface area contributed by atoms with Gasteiger partial charge in [-0.1, -0.05) is 12.2 Å². The number of carbonyl (C=O) groups is 1. The number of likely N-dealkylation sites (N-methyl/N-ethyl adjacent to an activating group) is 2. The highest BCUT2D eigenvalue weighted by atomic mass is 16.2. The number of hydrogen-bond donors (Lipinski definition) is 1. The van der Waals surface area contributed by atoms with Crippen molar-refractivity contribution >= 4 is 5.91 Å². The van der Waals surface area contributed by atoms with E-state index >= 15 is 0 Å². The molecule has 0 bridgehead atoms. The number of rotatable bonds is 6. The fourth-order valence-corrected chi connectivity index (χ4v) is 2.21. The van der Waals surface area contributed by atoms with E-state index in [1.807, 2.05) is 25.8 Å². The van der Waals surface area contributed by atoms with Gasteiger partial charge in [-0.05, 0) is 27.3 Å². The Kier molecular flexibility index (Phi) is 5.65. The van der Waals surface area contributed by atoms with Crippen LogP contribution in [0, 0.1) is 0 Å². The van der Waals surface area contributed by atoms with Crippen molar-refractivity contribution in [1.29, 1.82) is 0 Å². The molecule has 1 unspecified atom stereocenters. The van der Waals surface area contributed by atoms with Crippen LogP contribution in [0.3, 0.4) is 0 Å². The van der Waals surface area contributed by atoms with Gasteiger partial charge in [-0.3, -0.25) is 9.69 Å². The number of hydrogen-bond acceptors (Lipinski definition) is 3. The minimum absolute atomic E-state index is 0.215. The molecule has 0 saturated carbocycles. The van der Waals surface area contributed by atoms with Gasteiger partial charge in [0.2, 0.25) is 5.91 Å². The number of nitrogens with zero attached hydrogens (tertiary/aromatic N) is 2. The summed E-state index contributed by atoms with van der Waals surface area (Å²) >= 11 is 0. The number of nitrogens with one attached hydrogen (secondary N) is 1. The van der Waals surface area contributed by atoms with Crippen molar-refractivity contribution in [3.05, 3.63) is 12.2 Å². The molecule has 1 atom stereocenters. The van der Waals surface area contributed by atoms with Gasteiger partial charge in [0, 0.05) is 32.2 Å². The maximum atomic E-state index is 12.1. The van der Waals surface area contributed by atoms with Crippen LogP contribution in [0.4, 0.5) is 0 Å². The summed E-state index contributed by atoms with van der Waals surface area (Å²) in [4.78, 5) is 16.2. The Hall–Kier alpha value is -0.870. The standard InChI is InChI=1S/C13H25N3O/c1-5-16(8-11(2)3)13(17)10-15-7-6-12(9-15)14-4/h12,14H,2,5-10H2,1,3-4H3. The van der Waals surface area contributed by atoms with E-state index in [1.54, 1.807) is 0 Å². The highest BCUT2D eigenvalue weighted by molar-refractivity contribution is 5.78. The average Bonchev–Trinajstić information content (AvgIpc) is 2.73. The van der Waals surface area contributed by atoms with Crippen LogP contribution >= 0.6 is 0 Å². The van der Waals surface area contributed by atoms with Gasteiger partial charge in [-0.25, -0.2) is 0 Å². The molecule has 0 aliphatic carbocycles. The third-order valence-corrected chi connectivity index (χ3v) is 3.23. The van der Waals surface area contributed by atoms with Crippen LogP contribution in [0.2, 0.25) is 0 Å². The largest absolute Gasteiger partial charge is 0.338 e. The molecule has 1 rings (SSSR count). The van der Waals surface area contributed by atoms with Crippen LogP contribution in [-0.4, -0.2) is 61.5 Å². The van der Waals surface area contributed by atoms with Gasteiger partial charge in [0.05, 0.1) is 6.54 Å². The first-order valence-electron chi connectivity index (χ1n) is 6.38. The highest BCUT2D eigenvalue weighted by Gasteiger charge is 2.24. The quantitative estimate of drug-likeness (QED) is 0.693. The summed E-state index contributed by atoms with van der Waals surface area (Å²) in [6, 6.07) is 0.541. The molecule has 4 heteroatoms. The molecule has 0 aromatic heterocycles. The summed E-state index contributed by atoms with van der Waals surface area (Å²) in [5.74, 6) is 0.215. The molecule has 1 fully saturated rings. The van der Waals surface area contributed by atoms with E-state index in [1.165, 1.54) is 0 Å². The van der Waals surface area contributed by atoms with E-state index < -0.39 is 0 Å². The summed E-state index contributed by atoms with van der Waals surface area (Å²) in [6.07, 6.45) is 1.14. The SMILES string of the molecule is C=C(C)CN(CC)C(=O)CN1CCC(NC)C1. The lowest BCUT2D eigenvalue weighted by Gasteiger charge is -2.24. The molecule has 0 aromatic carbocycles. The van der Waals surface area contributed by atoms with Gasteiger partial charge in [0.15, 0.2) is 0 Å². The summed E-state index contributed by atoms with van der Waals surface area (Å²) < 4.78 is 0. The molecule has 0 radical (unpaired) electrons. The van der Waals surface area contributed by atoms with E-state index in [4.69, 9.17) is 0 Å². The van der Waals surface area contributed by atoms with Crippen LogP contribution in [0.1, 0.15) is 20.3 Å². The van der Waals surface area contributed by atoms with Gasteiger partial charge < -0.3 is 10.2 Å². The Morgan fingerprint density at radius 2 is 2.29 bits per heavy atom. The van der Waals surface area contributed by atoms with E-state index in [9.17, 15) is 4.79 Å². The first-order valence-corrected chi connectivity index (χ1v) is 6.38. The number of likely N-dealkylation sites (tertiary alicyclic amines) is 1. The zero-order chi connectivity index (χ0) is 12.8. The maximum absolute atomic E-state index is 12.1. The molecule has 0 aromatic rings. The highest BCUT2D eigenvalue weighted by Crippen LogP contribution is 2.09. The molecule has 1 amide bonds. The molecule has 1 heterocycles. The smallest absolute Gasteiger partial charge is 0.237 e. The molecular formula is C13H25N3O. The van der Waals surface area contributed by atoms with Crippen molar-refractivity contribution in [3.63, 3.8) is 0 Å². The van der Waals surface area contributed by atoms with Gasteiger partial charge in [0.1, 0.15) is 0 Å². The first kappa shape index (κ1) is 14.2. The third kappa shape index (κ3) is 4.48. The van der Waals surface area contributed by atoms with Crippen LogP contribution < -0.4 is 5.32 Å². The fraction of sp³-hybridized carbons (Fsp3) is 0.769. The van der Waals surface area contributed by atoms with Crippen LogP contribution in [-0.2, 0) is 4.79 Å². The molecule has 98 valence electrons. The minimum Gasteiger partial charge on any atom is -0.338 e. The van der Waals surface area contributed by atoms with Crippen molar-refractivity contribution < 1.29 is 4.79 Å². The lowest BCUT2D eigenvalue weighted by atomic mass is 10.3. The lowest BCUT2D eigenvalue weighted by Crippen LogP contribution is -2.41. The van der Waals surface area contributed by atoms with E-state index in [0.29, 0.717) is 19.1 Å². The molecule has 17 heavy (non-hydrogen) atoms. The fourth-order valence-electron chi connectivity index (χ4n) is 2.21. The van der Waals surface area contributed by atoms with Crippen molar-refractivity contribution in [2.24, 2.45) is 0 Å². The minimum atomic E-state index is 0.215. The van der Waals surface area contributed by atoms with Crippen molar-refractivity contribution in [2.75, 3.05) is 39.8 Å². The molecule has 4 nitrogen and oxygen atoms in total. The van der Waals surface area contributed by atoms with Gasteiger partial charge in [-0.15, -0.1) is 0 Å². The number of amides is 1. The Labute approximate surface area is 105 Å². The van der Waals surface area contributed by atoms with Gasteiger partial charge >= 0.3 is 0 Å². The normalized spacial score (nSPS) is 20.5. The Balaban J connectivity index is 2.39. The molecule has 1 aliphatic heterocycles. The van der Waals surface area contributed by atoms with Gasteiger partial charge in [0.25, 0.3) is 0 Å². The summed E-state index contributed by atoms with van der Waals surface area (Å²) in [5, 5.41) is 3.26. The lowest BCUT2D eigenvalue weighted by molar-refractivity contribution is -0.131. The zero-order valence-electron chi connectivity index (χ0n) is 11.3. The van der Waals surface area contributed by atoms with Crippen molar-refractivity contribution in [2.45, 2.75) is 26.3 Å². The summed E-state index contributed by atoms with van der Waals surface area (Å²) in [5.41, 5.74) is 1.04. The van der Waals surface area contributed by atoms with E-state index in [0.717, 1.165) is 31.6 Å². The molecule has 1 saturated heterocycles. The molecule has 1 N–H and O–H groups in total. The van der Waals surface area contributed by atoms with Gasteiger partial charge in [-0.2, -0.15) is 0 Å². The molecule has 0 spiro atoms. The maximum Gasteiger partial charge on any atom is 0.237 e. The zero-order valence-corrected chi connectivity index (χ0v) is 11.3. The number of carbonyl (C=O) groups excluding carboxylic acids is 1. The Bertz CT molecular complexity index is 278. The Morgan fingerprint density at radius 1 is 1.59 bits per heavy atom. The van der Waals surface area contributed by atoms with E-state index in [2.05, 4.69) is 16.8 Å². The topological polar surface area (TPSA) is 35.6 Å². The molecular weight excluding hydrogens is 214 g/mol. The van der Waals surface area contributed by atoms with Crippen molar-refractivity contribution in [3.8, 4) is 0 Å². The second-order valence-corrected chi connectivity index (χ2v) is 4.87. The summed E-state index contributed by atoms with van der Waals surface area (Å²) in [6.45, 7) is 11.8. The Morgan fingerprint density at radius 3 is 2.76 bits per heavy atom. The average molecular weight is 239 g/mol. The van der Waals surface area contributed by atoms with Crippen molar-refractivity contribution in [1.82, 2.24) is 15.1 Å². The first-order chi connectivity index (χ1) is 8.06. The summed E-state index contributed by atoms with van der Waals surface area (Å²) in [7, 11) is 1.98. The monoisotopic (exact) mass is 239 g/mol. The van der Waals surface area contributed by atoms with Crippen LogP contribution in [0.5, 0.6) is 0 Å². The third-order valence-electron chi connectivity index (χ3n) is 3.23. The predicted octanol–water partition coefficient (Wildman–Crippen LogP) is 0.705. The second kappa shape index (κ2) is 6.77.